The predicted octanol–water partition coefficient (Wildman–Crippen LogP) is 7.48. The first kappa shape index (κ1) is 29.7. The molecule has 3 nitrogen and oxygen atoms in total. The minimum atomic E-state index is -4.44. The summed E-state index contributed by atoms with van der Waals surface area (Å²) < 4.78 is 41.0. The number of carbonyl (C=O) groups excluding carboxylic acids is 2. The number of halogens is 3. The molecule has 1 fully saturated rings. The van der Waals surface area contributed by atoms with Gasteiger partial charge in [0.25, 0.3) is 0 Å². The molecule has 6 heteroatoms. The van der Waals surface area contributed by atoms with Crippen LogP contribution in [0.25, 0.3) is 0 Å². The van der Waals surface area contributed by atoms with E-state index in [1.807, 2.05) is 55.5 Å². The molecule has 4 rings (SSSR count). The summed E-state index contributed by atoms with van der Waals surface area (Å²) in [5.41, 5.74) is 4.88. The summed E-state index contributed by atoms with van der Waals surface area (Å²) in [5, 5.41) is 3.33. The molecule has 0 bridgehead atoms. The van der Waals surface area contributed by atoms with Crippen molar-refractivity contribution in [2.24, 2.45) is 5.92 Å². The highest BCUT2D eigenvalue weighted by atomic mass is 19.4. The molecule has 0 aromatic heterocycles. The molecule has 0 spiro atoms. The lowest BCUT2D eigenvalue weighted by Crippen LogP contribution is -2.29. The van der Waals surface area contributed by atoms with Crippen LogP contribution in [0, 0.1) is 12.8 Å². The molecular weight excluding hydrogens is 511 g/mol. The van der Waals surface area contributed by atoms with Crippen molar-refractivity contribution in [2.75, 3.05) is 13.1 Å². The molecular formula is C34H38F3NO2. The summed E-state index contributed by atoms with van der Waals surface area (Å²) in [6.07, 6.45) is 0.280. The molecule has 3 aromatic carbocycles. The van der Waals surface area contributed by atoms with Crippen LogP contribution in [0.1, 0.15) is 81.9 Å². The van der Waals surface area contributed by atoms with Crippen molar-refractivity contribution in [3.05, 3.63) is 105 Å². The molecule has 3 aromatic rings. The minimum Gasteiger partial charge on any atom is -0.317 e. The van der Waals surface area contributed by atoms with Gasteiger partial charge in [-0.1, -0.05) is 55.5 Å². The minimum absolute atomic E-state index is 0.0224. The number of benzene rings is 3. The zero-order valence-corrected chi connectivity index (χ0v) is 23.4. The van der Waals surface area contributed by atoms with Gasteiger partial charge in [0.05, 0.1) is 5.56 Å². The van der Waals surface area contributed by atoms with E-state index in [0.29, 0.717) is 37.2 Å². The maximum absolute atomic E-state index is 13.7. The summed E-state index contributed by atoms with van der Waals surface area (Å²) in [6.45, 7) is 5.20. The Labute approximate surface area is 235 Å². The van der Waals surface area contributed by atoms with E-state index in [9.17, 15) is 22.8 Å². The van der Waals surface area contributed by atoms with Gasteiger partial charge < -0.3 is 5.32 Å². The lowest BCUT2D eigenvalue weighted by Gasteiger charge is -2.24. The molecule has 0 radical (unpaired) electrons. The van der Waals surface area contributed by atoms with E-state index in [4.69, 9.17) is 0 Å². The van der Waals surface area contributed by atoms with Gasteiger partial charge in [-0.25, -0.2) is 0 Å². The molecule has 1 heterocycles. The van der Waals surface area contributed by atoms with Crippen molar-refractivity contribution in [1.82, 2.24) is 5.32 Å². The van der Waals surface area contributed by atoms with Gasteiger partial charge in [-0.05, 0) is 104 Å². The van der Waals surface area contributed by atoms with Gasteiger partial charge in [-0.15, -0.1) is 0 Å². The Morgan fingerprint density at radius 2 is 1.60 bits per heavy atom. The molecule has 0 saturated carbocycles. The van der Waals surface area contributed by atoms with Gasteiger partial charge in [-0.2, -0.15) is 13.2 Å². The van der Waals surface area contributed by atoms with Gasteiger partial charge >= 0.3 is 6.18 Å². The van der Waals surface area contributed by atoms with E-state index in [1.165, 1.54) is 13.0 Å². The summed E-state index contributed by atoms with van der Waals surface area (Å²) >= 11 is 0. The Morgan fingerprint density at radius 1 is 0.900 bits per heavy atom. The smallest absolute Gasteiger partial charge is 0.317 e. The van der Waals surface area contributed by atoms with Crippen molar-refractivity contribution >= 4 is 11.6 Å². The zero-order valence-electron chi connectivity index (χ0n) is 23.4. The maximum atomic E-state index is 13.7. The molecule has 0 aliphatic carbocycles. The van der Waals surface area contributed by atoms with Crippen LogP contribution < -0.4 is 5.32 Å². The molecule has 1 saturated heterocycles. The molecule has 1 N–H and O–H groups in total. The number of hydrogen-bond donors (Lipinski definition) is 1. The lowest BCUT2D eigenvalue weighted by atomic mass is 9.85. The first-order valence-electron chi connectivity index (χ1n) is 14.2. The predicted molar refractivity (Wildman–Crippen MR) is 153 cm³/mol. The third-order valence-corrected chi connectivity index (χ3v) is 7.90. The molecule has 1 aliphatic heterocycles. The van der Waals surface area contributed by atoms with Crippen LogP contribution in [0.15, 0.2) is 60.7 Å². The second-order valence-electron chi connectivity index (χ2n) is 11.0. The summed E-state index contributed by atoms with van der Waals surface area (Å²) in [6, 6.07) is 18.6. The Bertz CT molecular complexity index is 1320. The monoisotopic (exact) mass is 549 g/mol. The number of Topliss-reactive ketones (excluding diaryl/α,β-unsaturated/α-hetero) is 2. The number of ketones is 2. The van der Waals surface area contributed by atoms with E-state index in [1.54, 1.807) is 6.07 Å². The van der Waals surface area contributed by atoms with E-state index in [0.717, 1.165) is 53.7 Å². The van der Waals surface area contributed by atoms with Crippen LogP contribution >= 0.6 is 0 Å². The molecule has 40 heavy (non-hydrogen) atoms. The quantitative estimate of drug-likeness (QED) is 0.252. The first-order chi connectivity index (χ1) is 19.1. The normalized spacial score (nSPS) is 14.3. The fraction of sp³-hybridized carbons (Fsp3) is 0.412. The topological polar surface area (TPSA) is 46.2 Å². The Balaban J connectivity index is 1.39. The average molecular weight is 550 g/mol. The van der Waals surface area contributed by atoms with E-state index >= 15 is 0 Å². The maximum Gasteiger partial charge on any atom is 0.416 e. The van der Waals surface area contributed by atoms with Gasteiger partial charge in [-0.3, -0.25) is 9.59 Å². The summed E-state index contributed by atoms with van der Waals surface area (Å²) in [4.78, 5) is 25.0. The van der Waals surface area contributed by atoms with E-state index < -0.39 is 11.7 Å². The van der Waals surface area contributed by atoms with Gasteiger partial charge in [0.1, 0.15) is 5.78 Å². The number of hydrogen-bond acceptors (Lipinski definition) is 3. The molecule has 212 valence electrons. The Kier molecular flexibility index (Phi) is 9.96. The number of carbonyl (C=O) groups is 2. The lowest BCUT2D eigenvalue weighted by molar-refractivity contribution is -0.138. The molecule has 0 atom stereocenters. The Morgan fingerprint density at radius 3 is 2.27 bits per heavy atom. The standard InChI is InChI=1S/C34H38F3NO2/c1-3-33(40)28-6-4-5-27(20-28)18-25-9-7-24(8-10-25)11-12-31(39)21-30-22-32(34(35,36)37)23(2)17-29(30)19-26-13-15-38-16-14-26/h4-10,17,20,22,26,38H,3,11-16,18-19,21H2,1-2H3. The molecule has 1 aliphatic rings. The SMILES string of the molecule is CCC(=O)c1cccc(Cc2ccc(CCC(=O)Cc3cc(C(F)(F)F)c(C)cc3CC3CCNCC3)cc2)c1. The number of rotatable bonds is 11. The van der Waals surface area contributed by atoms with Crippen LogP contribution in [-0.4, -0.2) is 24.7 Å². The van der Waals surface area contributed by atoms with Gasteiger partial charge in [0.15, 0.2) is 5.78 Å². The third kappa shape index (κ3) is 8.14. The van der Waals surface area contributed by atoms with Crippen LogP contribution in [0.2, 0.25) is 0 Å². The average Bonchev–Trinajstić information content (AvgIpc) is 2.93. The van der Waals surface area contributed by atoms with E-state index in [2.05, 4.69) is 5.32 Å². The highest BCUT2D eigenvalue weighted by Gasteiger charge is 2.33. The fourth-order valence-electron chi connectivity index (χ4n) is 5.57. The van der Waals surface area contributed by atoms with Crippen LogP contribution in [0.4, 0.5) is 13.2 Å². The number of aryl methyl sites for hydroxylation is 2. The van der Waals surface area contributed by atoms with Crippen molar-refractivity contribution in [1.29, 1.82) is 0 Å². The van der Waals surface area contributed by atoms with Crippen molar-refractivity contribution < 1.29 is 22.8 Å². The van der Waals surface area contributed by atoms with Crippen molar-refractivity contribution in [3.8, 4) is 0 Å². The Hall–Kier alpha value is -3.25. The van der Waals surface area contributed by atoms with Crippen molar-refractivity contribution in [3.63, 3.8) is 0 Å². The molecule has 0 amide bonds. The summed E-state index contributed by atoms with van der Waals surface area (Å²) in [7, 11) is 0. The van der Waals surface area contributed by atoms with E-state index in [-0.39, 0.29) is 30.0 Å². The third-order valence-electron chi connectivity index (χ3n) is 7.90. The zero-order chi connectivity index (χ0) is 28.7. The van der Waals surface area contributed by atoms with Gasteiger partial charge in [0, 0.05) is 24.8 Å². The van der Waals surface area contributed by atoms with Crippen molar-refractivity contribution in [2.45, 2.75) is 71.4 Å². The number of alkyl halides is 3. The number of piperidine rings is 1. The van der Waals surface area contributed by atoms with Crippen LogP contribution in [0.3, 0.4) is 0 Å². The summed E-state index contributed by atoms with van der Waals surface area (Å²) in [5.74, 6) is 0.491. The van der Waals surface area contributed by atoms with Crippen LogP contribution in [0.5, 0.6) is 0 Å². The van der Waals surface area contributed by atoms with Crippen LogP contribution in [-0.2, 0) is 36.7 Å². The molecule has 0 unspecified atom stereocenters. The highest BCUT2D eigenvalue weighted by molar-refractivity contribution is 5.96. The second kappa shape index (κ2) is 13.4. The fourth-order valence-corrected chi connectivity index (χ4v) is 5.57. The number of nitrogens with one attached hydrogen (secondary N) is 1. The second-order valence-corrected chi connectivity index (χ2v) is 11.0. The largest absolute Gasteiger partial charge is 0.416 e. The first-order valence-corrected chi connectivity index (χ1v) is 14.2. The highest BCUT2D eigenvalue weighted by Crippen LogP contribution is 2.35. The van der Waals surface area contributed by atoms with Gasteiger partial charge in [0.2, 0.25) is 0 Å².